The molecule has 0 saturated carbocycles. The predicted octanol–water partition coefficient (Wildman–Crippen LogP) is 3.39. The van der Waals surface area contributed by atoms with Crippen LogP contribution in [0, 0.1) is 11.3 Å². The van der Waals surface area contributed by atoms with E-state index in [2.05, 4.69) is 21.4 Å². The van der Waals surface area contributed by atoms with Gasteiger partial charge in [0, 0.05) is 30.3 Å². The number of rotatable bonds is 7. The fraction of sp³-hybridized carbons (Fsp3) is 0.448. The summed E-state index contributed by atoms with van der Waals surface area (Å²) in [6, 6.07) is 6.83. The first-order valence-electron chi connectivity index (χ1n) is 13.5. The average molecular weight is 601 g/mol. The van der Waals surface area contributed by atoms with E-state index in [-0.39, 0.29) is 42.4 Å². The molecule has 228 valence electrons. The minimum absolute atomic E-state index is 0.0664. The molecule has 0 radical (unpaired) electrons. The van der Waals surface area contributed by atoms with Gasteiger partial charge >= 0.3 is 12.1 Å². The smallest absolute Gasteiger partial charge is 0.473 e. The van der Waals surface area contributed by atoms with E-state index in [4.69, 9.17) is 9.47 Å². The second kappa shape index (κ2) is 11.9. The number of hydrogen-bond donors (Lipinski definition) is 1. The first kappa shape index (κ1) is 31.3. The van der Waals surface area contributed by atoms with Crippen LogP contribution in [0.3, 0.4) is 0 Å². The maximum atomic E-state index is 13.8. The molecule has 11 nitrogen and oxygen atoms in total. The molecule has 0 aliphatic carbocycles. The topological polar surface area (TPSA) is 137 Å². The summed E-state index contributed by atoms with van der Waals surface area (Å²) in [6.07, 6.45) is -5.27. The quantitative estimate of drug-likeness (QED) is 0.375. The van der Waals surface area contributed by atoms with Gasteiger partial charge in [-0.25, -0.2) is 4.98 Å². The van der Waals surface area contributed by atoms with E-state index >= 15 is 0 Å². The molecule has 0 bridgehead atoms. The molecule has 2 amide bonds. The van der Waals surface area contributed by atoms with Gasteiger partial charge in [0.05, 0.1) is 31.5 Å². The van der Waals surface area contributed by atoms with Gasteiger partial charge in [-0.05, 0) is 30.5 Å². The number of amidine groups is 1. The average Bonchev–Trinajstić information content (AvgIpc) is 3.26. The number of carbonyl (C=O) groups is 3. The van der Waals surface area contributed by atoms with Crippen LogP contribution in [0.2, 0.25) is 0 Å². The summed E-state index contributed by atoms with van der Waals surface area (Å²) in [6.45, 7) is 7.99. The summed E-state index contributed by atoms with van der Waals surface area (Å²) in [5.74, 6) is -3.34. The van der Waals surface area contributed by atoms with Gasteiger partial charge in [-0.1, -0.05) is 20.8 Å². The molecular formula is C29H31F3N6O5. The molecule has 1 N–H and O–H groups in total. The Morgan fingerprint density at radius 2 is 1.91 bits per heavy atom. The third kappa shape index (κ3) is 6.40. The molecule has 0 saturated heterocycles. The fourth-order valence-corrected chi connectivity index (χ4v) is 4.85. The maximum absolute atomic E-state index is 13.8. The van der Waals surface area contributed by atoms with Crippen molar-refractivity contribution in [3.05, 3.63) is 46.3 Å². The number of fused-ring (bicyclic) bond motifs is 2. The molecule has 3 heterocycles. The Bertz CT molecular complexity index is 1540. The summed E-state index contributed by atoms with van der Waals surface area (Å²) in [5.41, 5.74) is 1.05. The number of aliphatic imine (C=N–C) groups is 1. The largest absolute Gasteiger partial charge is 0.491 e. The number of amides is 2. The van der Waals surface area contributed by atoms with Gasteiger partial charge < -0.3 is 24.6 Å². The van der Waals surface area contributed by atoms with E-state index < -0.39 is 41.6 Å². The van der Waals surface area contributed by atoms with Crippen LogP contribution >= 0.6 is 0 Å². The van der Waals surface area contributed by atoms with Crippen LogP contribution in [-0.4, -0.2) is 79.4 Å². The molecule has 0 unspecified atom stereocenters. The monoisotopic (exact) mass is 600 g/mol. The number of halogens is 3. The normalized spacial score (nSPS) is 15.4. The van der Waals surface area contributed by atoms with Crippen molar-refractivity contribution >= 4 is 29.1 Å². The van der Waals surface area contributed by atoms with E-state index in [0.717, 1.165) is 5.56 Å². The van der Waals surface area contributed by atoms with E-state index in [0.29, 0.717) is 30.2 Å². The van der Waals surface area contributed by atoms with Crippen LogP contribution < -0.4 is 19.7 Å². The first-order valence-corrected chi connectivity index (χ1v) is 13.5. The number of aromatic nitrogens is 1. The lowest BCUT2D eigenvalue weighted by molar-refractivity contribution is -0.169. The minimum atomic E-state index is -5.27. The van der Waals surface area contributed by atoms with Crippen molar-refractivity contribution in [2.24, 2.45) is 4.99 Å². The number of ether oxygens (including phenoxy) is 2. The van der Waals surface area contributed by atoms with Gasteiger partial charge in [0.2, 0.25) is 0 Å². The third-order valence-electron chi connectivity index (χ3n) is 6.87. The van der Waals surface area contributed by atoms with Gasteiger partial charge in [0.1, 0.15) is 24.6 Å². The second-order valence-electron chi connectivity index (χ2n) is 10.9. The zero-order valence-corrected chi connectivity index (χ0v) is 24.4. The predicted molar refractivity (Wildman–Crippen MR) is 150 cm³/mol. The Balaban J connectivity index is 1.79. The molecule has 1 aromatic heterocycles. The summed E-state index contributed by atoms with van der Waals surface area (Å²) in [4.78, 5) is 48.8. The number of hydrogen-bond acceptors (Lipinski definition) is 8. The van der Waals surface area contributed by atoms with Crippen LogP contribution in [0.5, 0.6) is 11.5 Å². The molecule has 0 atom stereocenters. The van der Waals surface area contributed by atoms with Crippen molar-refractivity contribution in [3.8, 4) is 17.6 Å². The van der Waals surface area contributed by atoms with Crippen LogP contribution in [0.15, 0.2) is 23.2 Å². The molecule has 1 aromatic carbocycles. The van der Waals surface area contributed by atoms with Crippen LogP contribution in [0.1, 0.15) is 65.4 Å². The maximum Gasteiger partial charge on any atom is 0.473 e. The van der Waals surface area contributed by atoms with E-state index in [9.17, 15) is 32.8 Å². The summed E-state index contributed by atoms with van der Waals surface area (Å²) < 4.78 is 51.3. The number of anilines is 1. The third-order valence-corrected chi connectivity index (χ3v) is 6.87. The zero-order chi connectivity index (χ0) is 31.7. The van der Waals surface area contributed by atoms with Gasteiger partial charge in [0.25, 0.3) is 5.91 Å². The highest BCUT2D eigenvalue weighted by Gasteiger charge is 2.41. The number of pyridine rings is 1. The second-order valence-corrected chi connectivity index (χ2v) is 10.9. The lowest BCUT2D eigenvalue weighted by atomic mass is 9.84. The Hall–Kier alpha value is -4.67. The van der Waals surface area contributed by atoms with E-state index in [1.807, 2.05) is 20.8 Å². The highest BCUT2D eigenvalue weighted by molar-refractivity contribution is 6.11. The zero-order valence-electron chi connectivity index (χ0n) is 24.4. The van der Waals surface area contributed by atoms with E-state index in [1.54, 1.807) is 24.0 Å². The van der Waals surface area contributed by atoms with Crippen LogP contribution in [-0.2, 0) is 16.8 Å². The van der Waals surface area contributed by atoms with Gasteiger partial charge in [-0.3, -0.25) is 14.4 Å². The Morgan fingerprint density at radius 1 is 1.19 bits per heavy atom. The molecule has 0 spiro atoms. The van der Waals surface area contributed by atoms with Crippen molar-refractivity contribution in [1.29, 1.82) is 5.26 Å². The molecule has 2 aliphatic heterocycles. The number of benzene rings is 1. The number of nitrogens with zero attached hydrogens (tertiary/aromatic N) is 5. The van der Waals surface area contributed by atoms with Crippen molar-refractivity contribution in [1.82, 2.24) is 15.2 Å². The molecule has 4 rings (SSSR count). The van der Waals surface area contributed by atoms with Crippen molar-refractivity contribution < 1.29 is 37.0 Å². The summed E-state index contributed by atoms with van der Waals surface area (Å²) in [7, 11) is 1.35. The SMILES string of the molecule is CCOc1cc2c(nc1C(=O)NC)C(=NC(=O)C(F)(F)F)N(CC(=O)c1cc3c(c(C(C)(C)C)c1)OCCN3CC#N)C2. The highest BCUT2D eigenvalue weighted by atomic mass is 19.4. The van der Waals surface area contributed by atoms with Crippen molar-refractivity contribution in [2.75, 3.05) is 44.8 Å². The summed E-state index contributed by atoms with van der Waals surface area (Å²) >= 11 is 0. The molecule has 0 fully saturated rings. The lowest BCUT2D eigenvalue weighted by Gasteiger charge is -2.34. The molecule has 2 aromatic rings. The molecular weight excluding hydrogens is 569 g/mol. The molecule has 43 heavy (non-hydrogen) atoms. The fourth-order valence-electron chi connectivity index (χ4n) is 4.85. The number of alkyl halides is 3. The van der Waals surface area contributed by atoms with Gasteiger partial charge in [-0.15, -0.1) is 0 Å². The number of nitrogens with one attached hydrogen (secondary N) is 1. The molecule has 14 heteroatoms. The Kier molecular flexibility index (Phi) is 8.66. The lowest BCUT2D eigenvalue weighted by Crippen LogP contribution is -2.35. The number of Topliss-reactive ketones (excluding diaryl/α,β-unsaturated/α-hetero) is 1. The van der Waals surface area contributed by atoms with Crippen molar-refractivity contribution in [2.45, 2.75) is 45.8 Å². The summed E-state index contributed by atoms with van der Waals surface area (Å²) in [5, 5.41) is 11.7. The van der Waals surface area contributed by atoms with E-state index in [1.165, 1.54) is 18.0 Å². The van der Waals surface area contributed by atoms with Gasteiger partial charge in [0.15, 0.2) is 23.1 Å². The van der Waals surface area contributed by atoms with Crippen molar-refractivity contribution in [3.63, 3.8) is 0 Å². The van der Waals surface area contributed by atoms with Crippen LogP contribution in [0.25, 0.3) is 0 Å². The first-order chi connectivity index (χ1) is 20.2. The number of ketones is 1. The number of nitriles is 1. The van der Waals surface area contributed by atoms with Gasteiger partial charge in [-0.2, -0.15) is 23.4 Å². The van der Waals surface area contributed by atoms with Crippen LogP contribution in [0.4, 0.5) is 18.9 Å². The number of carbonyl (C=O) groups excluding carboxylic acids is 3. The Morgan fingerprint density at radius 3 is 2.51 bits per heavy atom. The Labute approximate surface area is 246 Å². The minimum Gasteiger partial charge on any atom is -0.491 e. The highest BCUT2D eigenvalue weighted by Crippen LogP contribution is 2.42. The standard InChI is InChI=1S/C29H31F3N6O5/c1-6-42-21-13-17-14-38(25(36-27(41)29(30,31)32)22(17)35-23(21)26(40)34-5)15-20(39)16-11-18(28(2,3)4)24-19(12-16)37(8-7-33)9-10-43-24/h11-13H,6,8-10,14-15H2,1-5H3,(H,34,40). The molecule has 2 aliphatic rings.